The number of carbonyl (C=O) groups excluding carboxylic acids is 1. The molecule has 3 rings (SSSR count). The molecule has 31 heavy (non-hydrogen) atoms. The Balaban J connectivity index is 1.78. The molecule has 0 amide bonds. The maximum Gasteiger partial charge on any atom is 0.319 e. The smallest absolute Gasteiger partial charge is 0.319 e. The Kier molecular flexibility index (Phi) is 7.50. The maximum atomic E-state index is 12.0. The van der Waals surface area contributed by atoms with Gasteiger partial charge in [0.1, 0.15) is 23.5 Å². The molecule has 0 unspecified atom stereocenters. The van der Waals surface area contributed by atoms with Crippen LogP contribution in [0.25, 0.3) is 11.5 Å². The summed E-state index contributed by atoms with van der Waals surface area (Å²) in [5.41, 5.74) is 2.47. The lowest BCUT2D eigenvalue weighted by molar-refractivity contribution is -0.142. The lowest BCUT2D eigenvalue weighted by atomic mass is 10.1. The van der Waals surface area contributed by atoms with Gasteiger partial charge in [0.05, 0.1) is 40.7 Å². The van der Waals surface area contributed by atoms with Gasteiger partial charge in [-0.3, -0.25) is 9.69 Å². The van der Waals surface area contributed by atoms with Crippen LogP contribution in [0.15, 0.2) is 53.1 Å². The zero-order valence-electron chi connectivity index (χ0n) is 18.1. The van der Waals surface area contributed by atoms with Gasteiger partial charge in [0.2, 0.25) is 5.89 Å². The molecular formula is C23H26N2O6. The minimum absolute atomic E-state index is 0.0980. The van der Waals surface area contributed by atoms with E-state index >= 15 is 0 Å². The standard InChI is InChI=1S/C23H26N2O6/c1-27-19-7-5-17(6-8-19)23-24-18(15-31-23)13-25(14-22(26)30-4)12-16-9-20(28-2)11-21(10-16)29-3/h5-11,15H,12-14H2,1-4H3. The zero-order valence-corrected chi connectivity index (χ0v) is 18.1. The monoisotopic (exact) mass is 426 g/mol. The number of esters is 1. The van der Waals surface area contributed by atoms with Crippen molar-refractivity contribution in [1.29, 1.82) is 0 Å². The highest BCUT2D eigenvalue weighted by molar-refractivity contribution is 5.71. The molecule has 8 heteroatoms. The molecular weight excluding hydrogens is 400 g/mol. The summed E-state index contributed by atoms with van der Waals surface area (Å²) in [7, 11) is 6.18. The van der Waals surface area contributed by atoms with E-state index in [1.54, 1.807) is 33.7 Å². The molecule has 164 valence electrons. The van der Waals surface area contributed by atoms with Crippen molar-refractivity contribution in [3.63, 3.8) is 0 Å². The molecule has 8 nitrogen and oxygen atoms in total. The number of rotatable bonds is 10. The Morgan fingerprint density at radius 1 is 0.903 bits per heavy atom. The summed E-state index contributed by atoms with van der Waals surface area (Å²) in [6, 6.07) is 13.0. The van der Waals surface area contributed by atoms with Gasteiger partial charge in [-0.2, -0.15) is 0 Å². The summed E-state index contributed by atoms with van der Waals surface area (Å²) in [6.45, 7) is 0.961. The van der Waals surface area contributed by atoms with Crippen LogP contribution < -0.4 is 14.2 Å². The van der Waals surface area contributed by atoms with Crippen LogP contribution in [-0.2, 0) is 22.6 Å². The highest BCUT2D eigenvalue weighted by atomic mass is 16.5. The summed E-state index contributed by atoms with van der Waals surface area (Å²) in [5, 5.41) is 0. The topological polar surface area (TPSA) is 83.3 Å². The maximum absolute atomic E-state index is 12.0. The Labute approximate surface area is 181 Å². The Bertz CT molecular complexity index is 977. The highest BCUT2D eigenvalue weighted by Gasteiger charge is 2.16. The van der Waals surface area contributed by atoms with Crippen molar-refractivity contribution in [2.24, 2.45) is 0 Å². The largest absolute Gasteiger partial charge is 0.497 e. The number of hydrogen-bond donors (Lipinski definition) is 0. The second kappa shape index (κ2) is 10.5. The van der Waals surface area contributed by atoms with E-state index in [-0.39, 0.29) is 12.5 Å². The quantitative estimate of drug-likeness (QED) is 0.455. The number of oxazole rings is 1. The van der Waals surface area contributed by atoms with E-state index in [4.69, 9.17) is 23.4 Å². The van der Waals surface area contributed by atoms with Gasteiger partial charge in [-0.25, -0.2) is 4.98 Å². The Morgan fingerprint density at radius 3 is 2.13 bits per heavy atom. The molecule has 0 aliphatic rings. The van der Waals surface area contributed by atoms with Gasteiger partial charge in [-0.05, 0) is 42.0 Å². The van der Waals surface area contributed by atoms with Crippen LogP contribution in [0.2, 0.25) is 0 Å². The predicted molar refractivity (Wildman–Crippen MR) is 114 cm³/mol. The first-order chi connectivity index (χ1) is 15.0. The van der Waals surface area contributed by atoms with Crippen LogP contribution in [0.4, 0.5) is 0 Å². The van der Waals surface area contributed by atoms with Crippen molar-refractivity contribution >= 4 is 5.97 Å². The number of hydrogen-bond acceptors (Lipinski definition) is 8. The third kappa shape index (κ3) is 5.99. The van der Waals surface area contributed by atoms with Crippen molar-refractivity contribution in [2.45, 2.75) is 13.1 Å². The number of aromatic nitrogens is 1. The third-order valence-corrected chi connectivity index (χ3v) is 4.67. The molecule has 0 radical (unpaired) electrons. The molecule has 0 aliphatic heterocycles. The van der Waals surface area contributed by atoms with Crippen LogP contribution in [0.1, 0.15) is 11.3 Å². The SMILES string of the molecule is COC(=O)CN(Cc1cc(OC)cc(OC)c1)Cc1coc(-c2ccc(OC)cc2)n1. The minimum atomic E-state index is -0.339. The Hall–Kier alpha value is -3.52. The van der Waals surface area contributed by atoms with Crippen LogP contribution in [0.5, 0.6) is 17.2 Å². The summed E-state index contributed by atoms with van der Waals surface area (Å²) in [4.78, 5) is 18.4. The second-order valence-corrected chi connectivity index (χ2v) is 6.81. The van der Waals surface area contributed by atoms with Gasteiger partial charge in [-0.1, -0.05) is 0 Å². The molecule has 0 aliphatic carbocycles. The van der Waals surface area contributed by atoms with Gasteiger partial charge in [-0.15, -0.1) is 0 Å². The lowest BCUT2D eigenvalue weighted by Crippen LogP contribution is -2.30. The normalized spacial score (nSPS) is 10.7. The van der Waals surface area contributed by atoms with Crippen molar-refractivity contribution < 1.29 is 28.2 Å². The zero-order chi connectivity index (χ0) is 22.2. The third-order valence-electron chi connectivity index (χ3n) is 4.67. The number of methoxy groups -OCH3 is 4. The fraction of sp³-hybridized carbons (Fsp3) is 0.304. The van der Waals surface area contributed by atoms with E-state index in [0.29, 0.717) is 36.2 Å². The fourth-order valence-corrected chi connectivity index (χ4v) is 3.11. The van der Waals surface area contributed by atoms with E-state index in [2.05, 4.69) is 4.98 Å². The van der Waals surface area contributed by atoms with Crippen molar-refractivity contribution in [3.8, 4) is 28.7 Å². The minimum Gasteiger partial charge on any atom is -0.497 e. The molecule has 0 saturated carbocycles. The molecule has 0 N–H and O–H groups in total. The van der Waals surface area contributed by atoms with Crippen molar-refractivity contribution in [2.75, 3.05) is 35.0 Å². The second-order valence-electron chi connectivity index (χ2n) is 6.81. The average Bonchev–Trinajstić information content (AvgIpc) is 3.27. The average molecular weight is 426 g/mol. The van der Waals surface area contributed by atoms with Gasteiger partial charge in [0.15, 0.2) is 0 Å². The summed E-state index contributed by atoms with van der Waals surface area (Å²) in [6.07, 6.45) is 1.59. The predicted octanol–water partition coefficient (Wildman–Crippen LogP) is 3.54. The number of ether oxygens (including phenoxy) is 4. The lowest BCUT2D eigenvalue weighted by Gasteiger charge is -2.20. The molecule has 3 aromatic rings. The number of nitrogens with zero attached hydrogens (tertiary/aromatic N) is 2. The molecule has 0 saturated heterocycles. The number of carbonyl (C=O) groups is 1. The molecule has 0 spiro atoms. The summed E-state index contributed by atoms with van der Waals surface area (Å²) < 4.78 is 26.4. The van der Waals surface area contributed by atoms with Gasteiger partial charge in [0.25, 0.3) is 0 Å². The van der Waals surface area contributed by atoms with Crippen LogP contribution in [0, 0.1) is 0 Å². The summed E-state index contributed by atoms with van der Waals surface area (Å²) >= 11 is 0. The Morgan fingerprint density at radius 2 is 1.55 bits per heavy atom. The van der Waals surface area contributed by atoms with Crippen LogP contribution in [0.3, 0.4) is 0 Å². The highest BCUT2D eigenvalue weighted by Crippen LogP contribution is 2.25. The molecule has 1 aromatic heterocycles. The van der Waals surface area contributed by atoms with Gasteiger partial charge in [0, 0.05) is 24.7 Å². The van der Waals surface area contributed by atoms with E-state index in [9.17, 15) is 4.79 Å². The fourth-order valence-electron chi connectivity index (χ4n) is 3.11. The molecule has 0 atom stereocenters. The first-order valence-electron chi connectivity index (χ1n) is 9.64. The first kappa shape index (κ1) is 22.2. The summed E-state index contributed by atoms with van der Waals surface area (Å²) in [5.74, 6) is 2.27. The van der Waals surface area contributed by atoms with Crippen LogP contribution in [-0.4, -0.2) is 50.8 Å². The van der Waals surface area contributed by atoms with E-state index < -0.39 is 0 Å². The van der Waals surface area contributed by atoms with E-state index in [0.717, 1.165) is 16.9 Å². The number of benzene rings is 2. The van der Waals surface area contributed by atoms with Gasteiger partial charge < -0.3 is 23.4 Å². The van der Waals surface area contributed by atoms with Crippen molar-refractivity contribution in [3.05, 3.63) is 60.0 Å². The van der Waals surface area contributed by atoms with Crippen molar-refractivity contribution in [1.82, 2.24) is 9.88 Å². The molecule has 0 fully saturated rings. The molecule has 1 heterocycles. The molecule has 0 bridgehead atoms. The van der Waals surface area contributed by atoms with E-state index in [1.807, 2.05) is 41.3 Å². The van der Waals surface area contributed by atoms with Crippen LogP contribution >= 0.6 is 0 Å². The molecule has 2 aromatic carbocycles. The van der Waals surface area contributed by atoms with Gasteiger partial charge >= 0.3 is 5.97 Å². The first-order valence-corrected chi connectivity index (χ1v) is 9.64. The van der Waals surface area contributed by atoms with E-state index in [1.165, 1.54) is 7.11 Å².